The van der Waals surface area contributed by atoms with Crippen molar-refractivity contribution < 1.29 is 4.79 Å². The average molecular weight is 398 g/mol. The summed E-state index contributed by atoms with van der Waals surface area (Å²) >= 11 is 7.43. The number of amidine groups is 2. The Labute approximate surface area is 165 Å². The number of benzene rings is 1. The van der Waals surface area contributed by atoms with Crippen molar-refractivity contribution >= 4 is 51.4 Å². The number of hydrogen-bond donors (Lipinski definition) is 1. The summed E-state index contributed by atoms with van der Waals surface area (Å²) < 4.78 is 1.90. The van der Waals surface area contributed by atoms with Gasteiger partial charge in [0.1, 0.15) is 5.04 Å². The van der Waals surface area contributed by atoms with E-state index in [0.29, 0.717) is 10.2 Å². The molecule has 0 radical (unpaired) electrons. The van der Waals surface area contributed by atoms with Gasteiger partial charge in [0.2, 0.25) is 5.17 Å². The molecule has 27 heavy (non-hydrogen) atoms. The van der Waals surface area contributed by atoms with E-state index in [0.717, 1.165) is 16.4 Å². The van der Waals surface area contributed by atoms with Crippen molar-refractivity contribution in [3.8, 4) is 5.69 Å². The molecule has 1 aromatic carbocycles. The van der Waals surface area contributed by atoms with Gasteiger partial charge in [-0.15, -0.1) is 0 Å². The third kappa shape index (κ3) is 3.24. The monoisotopic (exact) mass is 397 g/mol. The molecule has 136 valence electrons. The topological polar surface area (TPSA) is 73.8 Å². The lowest BCUT2D eigenvalue weighted by Gasteiger charge is -2.20. The second kappa shape index (κ2) is 6.83. The quantitative estimate of drug-likeness (QED) is 0.779. The first-order valence-corrected chi connectivity index (χ1v) is 9.57. The number of thioether (sulfide) groups is 1. The van der Waals surface area contributed by atoms with Gasteiger partial charge in [-0.1, -0.05) is 31.5 Å². The summed E-state index contributed by atoms with van der Waals surface area (Å²) in [7, 11) is 0. The van der Waals surface area contributed by atoms with E-state index in [4.69, 9.17) is 17.0 Å². The molecule has 1 N–H and O–H groups in total. The molecule has 0 saturated carbocycles. The molecule has 3 heterocycles. The predicted octanol–water partition coefficient (Wildman–Crippen LogP) is 4.41. The minimum atomic E-state index is -0.433. The molecule has 8 heteroatoms. The van der Waals surface area contributed by atoms with Crippen LogP contribution in [0.4, 0.5) is 0 Å². The maximum absolute atomic E-state index is 12.5. The third-order valence-corrected chi connectivity index (χ3v) is 5.57. The number of carbonyl (C=O) groups excluding carboxylic acids is 1. The van der Waals surface area contributed by atoms with E-state index in [-0.39, 0.29) is 17.3 Å². The highest BCUT2D eigenvalue weighted by molar-refractivity contribution is 8.27. The van der Waals surface area contributed by atoms with Crippen molar-refractivity contribution in [2.45, 2.75) is 13.8 Å². The van der Waals surface area contributed by atoms with E-state index in [1.807, 2.05) is 54.9 Å². The molecule has 0 saturated heterocycles. The van der Waals surface area contributed by atoms with E-state index >= 15 is 0 Å². The molecule has 0 unspecified atom stereocenters. The molecular formula is C19H16ClN5OS. The number of carbonyl (C=O) groups is 1. The lowest BCUT2D eigenvalue weighted by molar-refractivity contribution is -0.114. The van der Waals surface area contributed by atoms with Gasteiger partial charge >= 0.3 is 0 Å². The van der Waals surface area contributed by atoms with E-state index in [9.17, 15) is 4.79 Å². The van der Waals surface area contributed by atoms with Gasteiger partial charge in [0.25, 0.3) is 5.91 Å². The van der Waals surface area contributed by atoms with Crippen LogP contribution in [-0.2, 0) is 4.79 Å². The molecule has 0 fully saturated rings. The van der Waals surface area contributed by atoms with Gasteiger partial charge in [0.05, 0.1) is 5.57 Å². The Morgan fingerprint density at radius 3 is 2.81 bits per heavy atom. The molecule has 1 aromatic heterocycles. The number of amides is 1. The van der Waals surface area contributed by atoms with E-state index in [1.165, 1.54) is 16.8 Å². The number of nitrogens with zero attached hydrogens (tertiary/aromatic N) is 4. The fraction of sp³-hybridized carbons (Fsp3) is 0.158. The first-order valence-electron chi connectivity index (χ1n) is 8.37. The van der Waals surface area contributed by atoms with Crippen LogP contribution in [-0.4, -0.2) is 31.5 Å². The molecule has 0 atom stereocenters. The number of hydrogen-bond acceptors (Lipinski definition) is 4. The van der Waals surface area contributed by atoms with Crippen LogP contribution in [0.1, 0.15) is 19.5 Å². The van der Waals surface area contributed by atoms with Crippen molar-refractivity contribution in [3.63, 3.8) is 0 Å². The maximum atomic E-state index is 12.5. The number of hydrazone groups is 1. The Balaban J connectivity index is 1.73. The second-order valence-electron chi connectivity index (χ2n) is 6.40. The minimum Gasteiger partial charge on any atom is -0.317 e. The van der Waals surface area contributed by atoms with Crippen molar-refractivity contribution in [3.05, 3.63) is 58.9 Å². The molecule has 0 spiro atoms. The smallest absolute Gasteiger partial charge is 0.283 e. The van der Waals surface area contributed by atoms with Gasteiger partial charge in [-0.3, -0.25) is 10.2 Å². The van der Waals surface area contributed by atoms with Crippen molar-refractivity contribution in [1.82, 2.24) is 9.58 Å². The van der Waals surface area contributed by atoms with Crippen molar-refractivity contribution in [2.24, 2.45) is 16.0 Å². The summed E-state index contributed by atoms with van der Waals surface area (Å²) in [6, 6.07) is 11.2. The minimum absolute atomic E-state index is 0.0343. The van der Waals surface area contributed by atoms with Crippen LogP contribution in [0, 0.1) is 11.3 Å². The van der Waals surface area contributed by atoms with Crippen LogP contribution in [0.15, 0.2) is 58.3 Å². The largest absolute Gasteiger partial charge is 0.317 e. The van der Waals surface area contributed by atoms with Gasteiger partial charge < -0.3 is 4.57 Å². The zero-order valence-corrected chi connectivity index (χ0v) is 16.3. The highest BCUT2D eigenvalue weighted by atomic mass is 35.5. The fourth-order valence-corrected chi connectivity index (χ4v) is 3.84. The van der Waals surface area contributed by atoms with Crippen LogP contribution in [0.5, 0.6) is 0 Å². The Morgan fingerprint density at radius 2 is 2.07 bits per heavy atom. The summed E-state index contributed by atoms with van der Waals surface area (Å²) in [6.07, 6.45) is 3.55. The van der Waals surface area contributed by atoms with Crippen LogP contribution in [0.2, 0.25) is 5.02 Å². The fourth-order valence-electron chi connectivity index (χ4n) is 2.76. The Bertz CT molecular complexity index is 1050. The Hall–Kier alpha value is -2.64. The van der Waals surface area contributed by atoms with Gasteiger partial charge in [0, 0.05) is 28.5 Å². The van der Waals surface area contributed by atoms with Crippen molar-refractivity contribution in [2.75, 3.05) is 0 Å². The molecule has 6 nitrogen and oxygen atoms in total. The molecule has 4 rings (SSSR count). The normalized spacial score (nSPS) is 18.2. The van der Waals surface area contributed by atoms with E-state index in [1.54, 1.807) is 12.1 Å². The van der Waals surface area contributed by atoms with Gasteiger partial charge in [0.15, 0.2) is 5.84 Å². The number of fused-ring (bicyclic) bond motifs is 1. The van der Waals surface area contributed by atoms with E-state index < -0.39 is 5.91 Å². The Morgan fingerprint density at radius 1 is 1.26 bits per heavy atom. The number of aliphatic imine (C=N–C) groups is 1. The number of rotatable bonds is 3. The van der Waals surface area contributed by atoms with Crippen LogP contribution in [0.3, 0.4) is 0 Å². The standard InChI is InChI=1S/C19H16ClN5OS/c1-11(2)18-23-25-16(21)15(17(26)22-19(25)27-18)10-14-7-4-8-24(14)13-6-3-5-12(20)9-13/h3-11,21H,1-2H3/b15-10+,21-16?. The number of nitrogens with one attached hydrogen (secondary N) is 1. The maximum Gasteiger partial charge on any atom is 0.283 e. The molecule has 0 aliphatic carbocycles. The lowest BCUT2D eigenvalue weighted by atomic mass is 10.1. The molecular weight excluding hydrogens is 382 g/mol. The summed E-state index contributed by atoms with van der Waals surface area (Å²) in [5.74, 6) is -0.191. The molecule has 2 aliphatic rings. The number of halogens is 1. The molecule has 0 bridgehead atoms. The highest BCUT2D eigenvalue weighted by Crippen LogP contribution is 2.31. The van der Waals surface area contributed by atoms with Crippen LogP contribution in [0.25, 0.3) is 11.8 Å². The molecule has 2 aromatic rings. The van der Waals surface area contributed by atoms with Gasteiger partial charge in [-0.25, -0.2) is 0 Å². The third-order valence-electron chi connectivity index (χ3n) is 4.12. The number of aromatic nitrogens is 1. The second-order valence-corrected chi connectivity index (χ2v) is 7.82. The van der Waals surface area contributed by atoms with Crippen LogP contribution < -0.4 is 0 Å². The molecule has 2 aliphatic heterocycles. The SMILES string of the molecule is CC(C)C1=NN2C(=N)/C(=C\c3cccn3-c3cccc(Cl)c3)C(=O)N=C2S1. The first kappa shape index (κ1) is 17.8. The summed E-state index contributed by atoms with van der Waals surface area (Å²) in [4.78, 5) is 16.7. The zero-order chi connectivity index (χ0) is 19.1. The summed E-state index contributed by atoms with van der Waals surface area (Å²) in [5, 5.41) is 16.2. The highest BCUT2D eigenvalue weighted by Gasteiger charge is 2.36. The van der Waals surface area contributed by atoms with E-state index in [2.05, 4.69) is 10.1 Å². The van der Waals surface area contributed by atoms with Crippen molar-refractivity contribution in [1.29, 1.82) is 5.41 Å². The Kier molecular flexibility index (Phi) is 4.49. The summed E-state index contributed by atoms with van der Waals surface area (Å²) in [5.41, 5.74) is 1.83. The zero-order valence-electron chi connectivity index (χ0n) is 14.7. The van der Waals surface area contributed by atoms with Gasteiger partial charge in [-0.2, -0.15) is 15.1 Å². The summed E-state index contributed by atoms with van der Waals surface area (Å²) in [6.45, 7) is 4.04. The lowest BCUT2D eigenvalue weighted by Crippen LogP contribution is -2.35. The van der Waals surface area contributed by atoms with Crippen LogP contribution >= 0.6 is 23.4 Å². The average Bonchev–Trinajstić information content (AvgIpc) is 3.25. The predicted molar refractivity (Wildman–Crippen MR) is 111 cm³/mol. The van der Waals surface area contributed by atoms with Gasteiger partial charge in [-0.05, 0) is 48.2 Å². The molecule has 1 amide bonds. The first-order chi connectivity index (χ1) is 12.9.